The Morgan fingerprint density at radius 1 is 1.31 bits per heavy atom. The lowest BCUT2D eigenvalue weighted by Gasteiger charge is -2.26. The fraction of sp³-hybridized carbons (Fsp3) is 0.583. The predicted octanol–water partition coefficient (Wildman–Crippen LogP) is 1.89. The van der Waals surface area contributed by atoms with Gasteiger partial charge in [0.1, 0.15) is 5.75 Å². The van der Waals surface area contributed by atoms with Crippen LogP contribution in [-0.4, -0.2) is 12.1 Å². The first-order valence-corrected chi connectivity index (χ1v) is 5.55. The third-order valence-corrected chi connectivity index (χ3v) is 3.09. The first-order chi connectivity index (χ1) is 7.60. The summed E-state index contributed by atoms with van der Waals surface area (Å²) in [5.74, 6) is 7.35. The molecular formula is C12H21N3O. The highest BCUT2D eigenvalue weighted by atomic mass is 16.5. The minimum atomic E-state index is 0.0996. The highest BCUT2D eigenvalue weighted by Gasteiger charge is 2.21. The van der Waals surface area contributed by atoms with Crippen molar-refractivity contribution in [2.75, 3.05) is 7.11 Å². The highest BCUT2D eigenvalue weighted by Crippen LogP contribution is 2.28. The molecule has 16 heavy (non-hydrogen) atoms. The van der Waals surface area contributed by atoms with E-state index in [4.69, 9.17) is 10.6 Å². The van der Waals surface area contributed by atoms with Crippen LogP contribution < -0.4 is 16.0 Å². The lowest BCUT2D eigenvalue weighted by Crippen LogP contribution is -2.34. The second-order valence-corrected chi connectivity index (χ2v) is 4.41. The fourth-order valence-corrected chi connectivity index (χ4v) is 1.65. The summed E-state index contributed by atoms with van der Waals surface area (Å²) in [5, 5.41) is 0. The Hall–Kier alpha value is -1.13. The van der Waals surface area contributed by atoms with Gasteiger partial charge in [-0.25, -0.2) is 0 Å². The Balaban J connectivity index is 2.94. The molecular weight excluding hydrogens is 202 g/mol. The molecule has 3 N–H and O–H groups in total. The van der Waals surface area contributed by atoms with E-state index in [1.165, 1.54) is 0 Å². The Morgan fingerprint density at radius 3 is 2.50 bits per heavy atom. The van der Waals surface area contributed by atoms with Crippen LogP contribution in [0.5, 0.6) is 5.75 Å². The second kappa shape index (κ2) is 5.82. The number of hydrogen-bond donors (Lipinski definition) is 2. The number of hydrazine groups is 1. The van der Waals surface area contributed by atoms with Gasteiger partial charge in [0, 0.05) is 6.20 Å². The molecule has 0 aliphatic carbocycles. The molecule has 0 saturated carbocycles. The SMILES string of the molecule is COc1cncc(C(NN)C(C)C(C)C)c1. The minimum Gasteiger partial charge on any atom is -0.495 e. The lowest BCUT2D eigenvalue weighted by molar-refractivity contribution is 0.304. The van der Waals surface area contributed by atoms with Crippen LogP contribution in [0.15, 0.2) is 18.5 Å². The van der Waals surface area contributed by atoms with Gasteiger partial charge in [-0.05, 0) is 23.5 Å². The topological polar surface area (TPSA) is 60.2 Å². The molecule has 2 atom stereocenters. The van der Waals surface area contributed by atoms with Crippen LogP contribution in [0.25, 0.3) is 0 Å². The van der Waals surface area contributed by atoms with Crippen molar-refractivity contribution in [1.82, 2.24) is 10.4 Å². The van der Waals surface area contributed by atoms with E-state index in [0.29, 0.717) is 11.8 Å². The van der Waals surface area contributed by atoms with Gasteiger partial charge in [0.05, 0.1) is 19.3 Å². The van der Waals surface area contributed by atoms with E-state index in [9.17, 15) is 0 Å². The number of nitrogens with one attached hydrogen (secondary N) is 1. The molecule has 0 bridgehead atoms. The molecule has 0 aromatic carbocycles. The molecule has 1 aromatic rings. The number of rotatable bonds is 5. The summed E-state index contributed by atoms with van der Waals surface area (Å²) >= 11 is 0. The molecule has 4 nitrogen and oxygen atoms in total. The number of pyridine rings is 1. The number of nitrogens with zero attached hydrogens (tertiary/aromatic N) is 1. The minimum absolute atomic E-state index is 0.0996. The van der Waals surface area contributed by atoms with Gasteiger partial charge in [-0.1, -0.05) is 20.8 Å². The van der Waals surface area contributed by atoms with Gasteiger partial charge in [-0.3, -0.25) is 16.3 Å². The molecule has 0 aliphatic heterocycles. The normalized spacial score (nSPS) is 14.9. The van der Waals surface area contributed by atoms with Crippen LogP contribution in [0, 0.1) is 11.8 Å². The van der Waals surface area contributed by atoms with Crippen molar-refractivity contribution in [1.29, 1.82) is 0 Å². The summed E-state index contributed by atoms with van der Waals surface area (Å²) in [4.78, 5) is 4.15. The Labute approximate surface area is 97.2 Å². The van der Waals surface area contributed by atoms with Crippen LogP contribution in [-0.2, 0) is 0 Å². The zero-order valence-corrected chi connectivity index (χ0v) is 10.4. The Bertz CT molecular complexity index is 328. The lowest BCUT2D eigenvalue weighted by atomic mass is 9.87. The number of nitrogens with two attached hydrogens (primary N) is 1. The van der Waals surface area contributed by atoms with Crippen molar-refractivity contribution in [2.24, 2.45) is 17.7 Å². The van der Waals surface area contributed by atoms with Crippen molar-refractivity contribution >= 4 is 0 Å². The van der Waals surface area contributed by atoms with Crippen molar-refractivity contribution in [3.05, 3.63) is 24.0 Å². The van der Waals surface area contributed by atoms with Crippen LogP contribution in [0.4, 0.5) is 0 Å². The molecule has 0 amide bonds. The quantitative estimate of drug-likeness (QED) is 0.591. The van der Waals surface area contributed by atoms with E-state index in [2.05, 4.69) is 31.2 Å². The number of ether oxygens (including phenoxy) is 1. The molecule has 2 unspecified atom stereocenters. The van der Waals surface area contributed by atoms with E-state index in [-0.39, 0.29) is 6.04 Å². The van der Waals surface area contributed by atoms with Gasteiger partial charge in [0.15, 0.2) is 0 Å². The van der Waals surface area contributed by atoms with Crippen LogP contribution in [0.3, 0.4) is 0 Å². The molecule has 0 radical (unpaired) electrons. The maximum absolute atomic E-state index is 5.62. The molecule has 1 heterocycles. The molecule has 0 aliphatic rings. The summed E-state index contributed by atoms with van der Waals surface area (Å²) in [6.45, 7) is 6.54. The van der Waals surface area contributed by atoms with Crippen molar-refractivity contribution in [2.45, 2.75) is 26.8 Å². The Morgan fingerprint density at radius 2 is 2.00 bits per heavy atom. The van der Waals surface area contributed by atoms with E-state index in [1.807, 2.05) is 12.3 Å². The van der Waals surface area contributed by atoms with E-state index in [1.54, 1.807) is 13.3 Å². The van der Waals surface area contributed by atoms with Gasteiger partial charge < -0.3 is 4.74 Å². The summed E-state index contributed by atoms with van der Waals surface area (Å²) in [7, 11) is 1.64. The molecule has 1 rings (SSSR count). The van der Waals surface area contributed by atoms with E-state index >= 15 is 0 Å². The summed E-state index contributed by atoms with van der Waals surface area (Å²) < 4.78 is 5.16. The van der Waals surface area contributed by atoms with Gasteiger partial charge in [0.25, 0.3) is 0 Å². The zero-order chi connectivity index (χ0) is 12.1. The molecule has 0 saturated heterocycles. The first kappa shape index (κ1) is 12.9. The smallest absolute Gasteiger partial charge is 0.137 e. The number of hydrogen-bond acceptors (Lipinski definition) is 4. The van der Waals surface area contributed by atoms with Gasteiger partial charge in [-0.2, -0.15) is 0 Å². The molecule has 0 spiro atoms. The Kier molecular flexibility index (Phi) is 4.71. The highest BCUT2D eigenvalue weighted by molar-refractivity contribution is 5.26. The maximum Gasteiger partial charge on any atom is 0.137 e. The van der Waals surface area contributed by atoms with Gasteiger partial charge in [-0.15, -0.1) is 0 Å². The van der Waals surface area contributed by atoms with Crippen LogP contribution >= 0.6 is 0 Å². The summed E-state index contributed by atoms with van der Waals surface area (Å²) in [5.41, 5.74) is 3.91. The molecule has 0 fully saturated rings. The standard InChI is InChI=1S/C12H21N3O/c1-8(2)9(3)12(15-13)10-5-11(16-4)7-14-6-10/h5-9,12,15H,13H2,1-4H3. The summed E-state index contributed by atoms with van der Waals surface area (Å²) in [6, 6.07) is 2.07. The number of aromatic nitrogens is 1. The number of methoxy groups -OCH3 is 1. The average Bonchev–Trinajstić information content (AvgIpc) is 2.30. The van der Waals surface area contributed by atoms with Crippen LogP contribution in [0.1, 0.15) is 32.4 Å². The van der Waals surface area contributed by atoms with E-state index < -0.39 is 0 Å². The third kappa shape index (κ3) is 2.93. The van der Waals surface area contributed by atoms with E-state index in [0.717, 1.165) is 11.3 Å². The monoisotopic (exact) mass is 223 g/mol. The molecule has 1 aromatic heterocycles. The van der Waals surface area contributed by atoms with Gasteiger partial charge >= 0.3 is 0 Å². The zero-order valence-electron chi connectivity index (χ0n) is 10.4. The van der Waals surface area contributed by atoms with Crippen molar-refractivity contribution in [3.8, 4) is 5.75 Å². The van der Waals surface area contributed by atoms with Gasteiger partial charge in [0.2, 0.25) is 0 Å². The predicted molar refractivity (Wildman–Crippen MR) is 64.9 cm³/mol. The first-order valence-electron chi connectivity index (χ1n) is 5.55. The third-order valence-electron chi connectivity index (χ3n) is 3.09. The van der Waals surface area contributed by atoms with Crippen molar-refractivity contribution in [3.63, 3.8) is 0 Å². The van der Waals surface area contributed by atoms with Crippen molar-refractivity contribution < 1.29 is 4.74 Å². The van der Waals surface area contributed by atoms with Crippen LogP contribution in [0.2, 0.25) is 0 Å². The molecule has 4 heteroatoms. The maximum atomic E-state index is 5.62. The fourth-order valence-electron chi connectivity index (χ4n) is 1.65. The largest absolute Gasteiger partial charge is 0.495 e. The second-order valence-electron chi connectivity index (χ2n) is 4.41. The summed E-state index contributed by atoms with van der Waals surface area (Å²) in [6.07, 6.45) is 3.52. The molecule has 90 valence electrons. The average molecular weight is 223 g/mol.